The van der Waals surface area contributed by atoms with E-state index in [1.165, 1.54) is 0 Å². The first-order valence-corrected chi connectivity index (χ1v) is 9.50. The van der Waals surface area contributed by atoms with Gasteiger partial charge in [0.2, 0.25) is 0 Å². The van der Waals surface area contributed by atoms with Gasteiger partial charge in [0, 0.05) is 26.9 Å². The SMILES string of the molecule is [CH2-]OC(=O)C=P(c1ccccc1)(c1ccccc1)c1ccccc1.[Pt]. The predicted octanol–water partition coefficient (Wildman–Crippen LogP) is 3.11. The molecule has 0 unspecified atom stereocenters. The van der Waals surface area contributed by atoms with Gasteiger partial charge in [-0.2, -0.15) is 7.11 Å². The molecule has 0 aliphatic carbocycles. The molecule has 0 aromatic heterocycles. The van der Waals surface area contributed by atoms with Crippen molar-refractivity contribution in [3.05, 3.63) is 98.1 Å². The van der Waals surface area contributed by atoms with Gasteiger partial charge in [0.25, 0.3) is 5.97 Å². The van der Waals surface area contributed by atoms with Crippen molar-refractivity contribution in [1.29, 1.82) is 0 Å². The van der Waals surface area contributed by atoms with Gasteiger partial charge in [-0.3, -0.25) is 0 Å². The van der Waals surface area contributed by atoms with E-state index < -0.39 is 12.9 Å². The van der Waals surface area contributed by atoms with Crippen LogP contribution >= 0.6 is 6.89 Å². The summed E-state index contributed by atoms with van der Waals surface area (Å²) in [6.45, 7) is -2.27. The number of hydrogen-bond donors (Lipinski definition) is 0. The Labute approximate surface area is 163 Å². The molecular formula is C21H18O2PPt-. The van der Waals surface area contributed by atoms with E-state index in [2.05, 4.69) is 43.5 Å². The Morgan fingerprint density at radius 3 is 1.32 bits per heavy atom. The molecule has 3 aromatic rings. The summed E-state index contributed by atoms with van der Waals surface area (Å²) in [5, 5.41) is 3.31. The van der Waals surface area contributed by atoms with Gasteiger partial charge >= 0.3 is 0 Å². The number of esters is 1. The molecule has 0 aliphatic rings. The van der Waals surface area contributed by atoms with Crippen molar-refractivity contribution >= 4 is 34.6 Å². The van der Waals surface area contributed by atoms with Crippen molar-refractivity contribution in [1.82, 2.24) is 0 Å². The summed E-state index contributed by atoms with van der Waals surface area (Å²) in [6, 6.07) is 30.4. The van der Waals surface area contributed by atoms with E-state index in [9.17, 15) is 4.79 Å². The normalized spacial score (nSPS) is 10.4. The zero-order valence-corrected chi connectivity index (χ0v) is 16.7. The molecule has 25 heavy (non-hydrogen) atoms. The molecule has 0 atom stereocenters. The Balaban J connectivity index is 0.00000225. The van der Waals surface area contributed by atoms with Crippen LogP contribution < -0.4 is 15.9 Å². The zero-order chi connectivity index (χ0) is 16.8. The van der Waals surface area contributed by atoms with Crippen LogP contribution in [0.2, 0.25) is 0 Å². The first kappa shape index (κ1) is 19.4. The van der Waals surface area contributed by atoms with Crippen molar-refractivity contribution in [2.75, 3.05) is 0 Å². The molecule has 0 aliphatic heterocycles. The molecule has 0 N–H and O–H groups in total. The maximum Gasteiger partial charge on any atom is 0.300 e. The molecule has 3 rings (SSSR count). The average Bonchev–Trinajstić information content (AvgIpc) is 2.68. The fraction of sp³-hybridized carbons (Fsp3) is 0. The van der Waals surface area contributed by atoms with E-state index in [4.69, 9.17) is 4.74 Å². The van der Waals surface area contributed by atoms with Crippen LogP contribution in [0.3, 0.4) is 0 Å². The monoisotopic (exact) mass is 528 g/mol. The van der Waals surface area contributed by atoms with Crippen LogP contribution in [0.4, 0.5) is 0 Å². The molecule has 0 radical (unpaired) electrons. The van der Waals surface area contributed by atoms with Crippen LogP contribution in [0.15, 0.2) is 91.0 Å². The van der Waals surface area contributed by atoms with Gasteiger partial charge in [0.05, 0.1) is 0 Å². The number of carbonyl (C=O) groups is 1. The summed E-state index contributed by atoms with van der Waals surface area (Å²) in [4.78, 5) is 12.2. The van der Waals surface area contributed by atoms with Crippen LogP contribution in [-0.4, -0.2) is 11.8 Å². The second-order valence-corrected chi connectivity index (χ2v) is 8.57. The molecule has 0 saturated heterocycles. The summed E-state index contributed by atoms with van der Waals surface area (Å²) < 4.78 is 4.75. The summed E-state index contributed by atoms with van der Waals surface area (Å²) in [7, 11) is 3.29. The Hall–Kier alpha value is -1.88. The molecule has 0 fully saturated rings. The minimum atomic E-state index is -2.27. The third kappa shape index (κ3) is 4.03. The van der Waals surface area contributed by atoms with Crippen molar-refractivity contribution in [2.24, 2.45) is 0 Å². The summed E-state index contributed by atoms with van der Waals surface area (Å²) in [6.07, 6.45) is 0. The fourth-order valence-electron chi connectivity index (χ4n) is 2.86. The summed E-state index contributed by atoms with van der Waals surface area (Å²) >= 11 is 0. The van der Waals surface area contributed by atoms with Gasteiger partial charge in [0.1, 0.15) is 0 Å². The minimum absolute atomic E-state index is 0. The van der Waals surface area contributed by atoms with Crippen molar-refractivity contribution in [3.8, 4) is 0 Å². The summed E-state index contributed by atoms with van der Waals surface area (Å²) in [5.74, 6) is 1.29. The van der Waals surface area contributed by atoms with E-state index in [0.29, 0.717) is 0 Å². The Bertz CT molecular complexity index is 759. The van der Waals surface area contributed by atoms with Crippen LogP contribution in [-0.2, 0) is 30.6 Å². The number of ether oxygens (including phenoxy) is 1. The molecule has 4 heteroatoms. The first-order valence-electron chi connectivity index (χ1n) is 7.65. The molecular weight excluding hydrogens is 510 g/mol. The predicted molar refractivity (Wildman–Crippen MR) is 103 cm³/mol. The molecule has 3 aromatic carbocycles. The first-order chi connectivity index (χ1) is 11.8. The van der Waals surface area contributed by atoms with Gasteiger partial charge in [0.15, 0.2) is 0 Å². The molecule has 0 amide bonds. The maximum atomic E-state index is 12.2. The van der Waals surface area contributed by atoms with E-state index in [1.807, 2.05) is 54.6 Å². The molecule has 0 bridgehead atoms. The molecule has 130 valence electrons. The zero-order valence-electron chi connectivity index (χ0n) is 13.5. The quantitative estimate of drug-likeness (QED) is 0.296. The second-order valence-electron chi connectivity index (χ2n) is 5.32. The molecule has 2 nitrogen and oxygen atoms in total. The molecule has 0 heterocycles. The van der Waals surface area contributed by atoms with Crippen molar-refractivity contribution in [3.63, 3.8) is 0 Å². The smallest absolute Gasteiger partial charge is 0.300 e. The standard InChI is InChI=1S/C21H18O2P.Pt/c1-23-21(22)17-24(18-11-5-2-6-12-18,19-13-7-3-8-14-19)20-15-9-4-10-16-20;/h2-17H,1H2;/q-1;. The number of hydrogen-bond acceptors (Lipinski definition) is 2. The second kappa shape index (κ2) is 8.99. The maximum absolute atomic E-state index is 12.2. The number of benzene rings is 3. The van der Waals surface area contributed by atoms with Gasteiger partial charge in [-0.15, -0.1) is 0 Å². The third-order valence-electron chi connectivity index (χ3n) is 3.93. The van der Waals surface area contributed by atoms with Crippen LogP contribution in [0, 0.1) is 7.11 Å². The van der Waals surface area contributed by atoms with Crippen molar-refractivity contribution < 1.29 is 30.6 Å². The van der Waals surface area contributed by atoms with E-state index in [0.717, 1.165) is 15.9 Å². The average molecular weight is 528 g/mol. The van der Waals surface area contributed by atoms with Gasteiger partial charge < -0.3 is 4.74 Å². The Morgan fingerprint density at radius 1 is 0.720 bits per heavy atom. The third-order valence-corrected chi connectivity index (χ3v) is 7.87. The topological polar surface area (TPSA) is 26.3 Å². The molecule has 0 spiro atoms. The largest absolute Gasteiger partial charge is 0.637 e. The van der Waals surface area contributed by atoms with Gasteiger partial charge in [-0.1, -0.05) is 91.0 Å². The van der Waals surface area contributed by atoms with E-state index >= 15 is 0 Å². The Kier molecular flexibility index (Phi) is 6.99. The number of rotatable bonds is 4. The number of carbonyl (C=O) groups excluding carboxylic acids is 1. The summed E-state index contributed by atoms with van der Waals surface area (Å²) in [5.41, 5.74) is 0. The van der Waals surface area contributed by atoms with Gasteiger partial charge in [-0.05, 0) is 22.8 Å². The van der Waals surface area contributed by atoms with Crippen LogP contribution in [0.5, 0.6) is 0 Å². The molecule has 0 saturated carbocycles. The van der Waals surface area contributed by atoms with Crippen LogP contribution in [0.1, 0.15) is 0 Å². The van der Waals surface area contributed by atoms with Crippen molar-refractivity contribution in [2.45, 2.75) is 0 Å². The van der Waals surface area contributed by atoms with Gasteiger partial charge in [-0.25, -0.2) is 4.79 Å². The Morgan fingerprint density at radius 2 is 1.04 bits per heavy atom. The van der Waals surface area contributed by atoms with E-state index in [-0.39, 0.29) is 21.1 Å². The fourth-order valence-corrected chi connectivity index (χ4v) is 6.52. The van der Waals surface area contributed by atoms with E-state index in [1.54, 1.807) is 5.80 Å². The minimum Gasteiger partial charge on any atom is -0.637 e. The van der Waals surface area contributed by atoms with Crippen LogP contribution in [0.25, 0.3) is 0 Å².